The third-order valence-corrected chi connectivity index (χ3v) is 10.0. The highest BCUT2D eigenvalue weighted by Crippen LogP contribution is 2.65. The van der Waals surface area contributed by atoms with E-state index in [1.165, 1.54) is 44.1 Å². The van der Waals surface area contributed by atoms with Crippen LogP contribution in [0.1, 0.15) is 105 Å². The van der Waals surface area contributed by atoms with Crippen molar-refractivity contribution in [3.8, 4) is 0 Å². The van der Waals surface area contributed by atoms with Crippen molar-refractivity contribution in [2.45, 2.75) is 111 Å². The average Bonchev–Trinajstić information content (AvgIpc) is 3.00. The normalized spacial score (nSPS) is 43.2. The summed E-state index contributed by atoms with van der Waals surface area (Å²) in [7, 11) is 0. The Morgan fingerprint density at radius 3 is 2.55 bits per heavy atom. The molecule has 29 heavy (non-hydrogen) atoms. The summed E-state index contributed by atoms with van der Waals surface area (Å²) in [4.78, 5) is 13.4. The highest BCUT2D eigenvalue weighted by atomic mass is 16.3. The fourth-order valence-corrected chi connectivity index (χ4v) is 8.20. The summed E-state index contributed by atoms with van der Waals surface area (Å²) in [6.45, 7) is 12.1. The van der Waals surface area contributed by atoms with E-state index < -0.39 is 0 Å². The zero-order valence-electron chi connectivity index (χ0n) is 19.6. The van der Waals surface area contributed by atoms with Gasteiger partial charge in [0.15, 0.2) is 5.78 Å². The molecule has 0 unspecified atom stereocenters. The van der Waals surface area contributed by atoms with E-state index in [2.05, 4.69) is 34.6 Å². The molecule has 0 radical (unpaired) electrons. The second kappa shape index (κ2) is 7.81. The summed E-state index contributed by atoms with van der Waals surface area (Å²) in [6.07, 6.45) is 12.3. The lowest BCUT2D eigenvalue weighted by molar-refractivity contribution is -0.127. The van der Waals surface area contributed by atoms with E-state index in [1.54, 1.807) is 5.57 Å². The number of aliphatic hydroxyl groups is 1. The lowest BCUT2D eigenvalue weighted by atomic mass is 9.48. The topological polar surface area (TPSA) is 37.3 Å². The second-order valence-electron chi connectivity index (χ2n) is 12.1. The minimum Gasteiger partial charge on any atom is -0.393 e. The zero-order chi connectivity index (χ0) is 21.0. The van der Waals surface area contributed by atoms with Crippen LogP contribution in [-0.2, 0) is 4.79 Å². The Morgan fingerprint density at radius 1 is 1.07 bits per heavy atom. The number of ketones is 1. The Balaban J connectivity index is 1.59. The van der Waals surface area contributed by atoms with Gasteiger partial charge in [0.25, 0.3) is 0 Å². The quantitative estimate of drug-likeness (QED) is 0.556. The molecule has 4 aliphatic rings. The number of hydrogen-bond acceptors (Lipinski definition) is 2. The van der Waals surface area contributed by atoms with Gasteiger partial charge in [-0.3, -0.25) is 4.79 Å². The van der Waals surface area contributed by atoms with Crippen LogP contribution in [0.4, 0.5) is 0 Å². The number of carbonyl (C=O) groups is 1. The molecule has 2 heteroatoms. The summed E-state index contributed by atoms with van der Waals surface area (Å²) in [6, 6.07) is 0. The zero-order valence-corrected chi connectivity index (χ0v) is 19.6. The minimum absolute atomic E-state index is 0.188. The van der Waals surface area contributed by atoms with Gasteiger partial charge < -0.3 is 5.11 Å². The molecule has 4 rings (SSSR count). The van der Waals surface area contributed by atoms with Gasteiger partial charge in [0.2, 0.25) is 0 Å². The molecular formula is C27H44O2. The average molecular weight is 401 g/mol. The Labute approximate surface area is 178 Å². The summed E-state index contributed by atoms with van der Waals surface area (Å²) >= 11 is 0. The van der Waals surface area contributed by atoms with Crippen molar-refractivity contribution in [3.63, 3.8) is 0 Å². The highest BCUT2D eigenvalue weighted by molar-refractivity contribution is 5.98. The lowest BCUT2D eigenvalue weighted by Gasteiger charge is -2.56. The Morgan fingerprint density at radius 2 is 1.83 bits per heavy atom. The van der Waals surface area contributed by atoms with Crippen molar-refractivity contribution in [2.24, 2.45) is 40.4 Å². The van der Waals surface area contributed by atoms with Crippen LogP contribution in [0.15, 0.2) is 11.1 Å². The molecule has 3 fully saturated rings. The predicted molar refractivity (Wildman–Crippen MR) is 120 cm³/mol. The molecule has 0 heterocycles. The Bertz CT molecular complexity index is 676. The molecule has 0 saturated heterocycles. The maximum Gasteiger partial charge on any atom is 0.159 e. The van der Waals surface area contributed by atoms with Gasteiger partial charge in [0, 0.05) is 6.42 Å². The maximum atomic E-state index is 13.4. The first-order valence-electron chi connectivity index (χ1n) is 12.6. The van der Waals surface area contributed by atoms with Crippen molar-refractivity contribution in [3.05, 3.63) is 11.1 Å². The number of Topliss-reactive ketones (excluding diaryl/α,β-unsaturated/α-hetero) is 1. The van der Waals surface area contributed by atoms with E-state index in [0.29, 0.717) is 24.0 Å². The van der Waals surface area contributed by atoms with Gasteiger partial charge >= 0.3 is 0 Å². The fraction of sp³-hybridized carbons (Fsp3) is 0.889. The monoisotopic (exact) mass is 400 g/mol. The third kappa shape index (κ3) is 3.56. The van der Waals surface area contributed by atoms with Crippen LogP contribution < -0.4 is 0 Å². The van der Waals surface area contributed by atoms with Crippen molar-refractivity contribution >= 4 is 5.78 Å². The van der Waals surface area contributed by atoms with Gasteiger partial charge in [-0.25, -0.2) is 0 Å². The van der Waals surface area contributed by atoms with E-state index >= 15 is 0 Å². The van der Waals surface area contributed by atoms with Crippen LogP contribution in [0, 0.1) is 40.4 Å². The van der Waals surface area contributed by atoms with Crippen LogP contribution in [-0.4, -0.2) is 17.0 Å². The highest BCUT2D eigenvalue weighted by Gasteiger charge is 2.57. The predicted octanol–water partition coefficient (Wildman–Crippen LogP) is 6.71. The van der Waals surface area contributed by atoms with Crippen LogP contribution in [0.2, 0.25) is 0 Å². The minimum atomic E-state index is -0.188. The molecule has 4 aliphatic carbocycles. The number of hydrogen-bond donors (Lipinski definition) is 1. The van der Waals surface area contributed by atoms with Crippen molar-refractivity contribution in [2.75, 3.05) is 0 Å². The summed E-state index contributed by atoms with van der Waals surface area (Å²) in [5.41, 5.74) is 3.35. The molecule has 7 atom stereocenters. The van der Waals surface area contributed by atoms with Gasteiger partial charge in [0.05, 0.1) is 6.10 Å². The fourth-order valence-electron chi connectivity index (χ4n) is 8.20. The molecule has 1 N–H and O–H groups in total. The third-order valence-electron chi connectivity index (χ3n) is 10.0. The van der Waals surface area contributed by atoms with E-state index in [4.69, 9.17) is 0 Å². The molecule has 0 aromatic rings. The molecule has 0 amide bonds. The molecule has 3 saturated carbocycles. The van der Waals surface area contributed by atoms with Crippen molar-refractivity contribution in [1.29, 1.82) is 0 Å². The number of rotatable bonds is 5. The Kier molecular flexibility index (Phi) is 5.82. The van der Waals surface area contributed by atoms with Gasteiger partial charge in [0.1, 0.15) is 0 Å². The van der Waals surface area contributed by atoms with Gasteiger partial charge in [-0.1, -0.05) is 59.5 Å². The largest absolute Gasteiger partial charge is 0.393 e. The molecule has 2 nitrogen and oxygen atoms in total. The number of carbonyl (C=O) groups excluding carboxylic acids is 1. The van der Waals surface area contributed by atoms with Gasteiger partial charge in [-0.2, -0.15) is 0 Å². The van der Waals surface area contributed by atoms with Crippen LogP contribution in [0.3, 0.4) is 0 Å². The van der Waals surface area contributed by atoms with E-state index in [0.717, 1.165) is 43.4 Å². The molecule has 0 spiro atoms. The first kappa shape index (κ1) is 21.6. The molecular weight excluding hydrogens is 356 g/mol. The number of fused-ring (bicyclic) bond motifs is 4. The van der Waals surface area contributed by atoms with E-state index in [-0.39, 0.29) is 16.9 Å². The maximum absolute atomic E-state index is 13.4. The first-order chi connectivity index (χ1) is 13.7. The van der Waals surface area contributed by atoms with E-state index in [1.807, 2.05) is 0 Å². The molecule has 0 aromatic heterocycles. The van der Waals surface area contributed by atoms with Crippen LogP contribution in [0.5, 0.6) is 0 Å². The second-order valence-corrected chi connectivity index (χ2v) is 12.1. The summed E-state index contributed by atoms with van der Waals surface area (Å²) in [5.74, 6) is 3.62. The molecule has 0 aromatic carbocycles. The molecule has 0 bridgehead atoms. The number of aliphatic hydroxyl groups excluding tert-OH is 1. The van der Waals surface area contributed by atoms with E-state index in [9.17, 15) is 9.90 Å². The smallest absolute Gasteiger partial charge is 0.159 e. The Hall–Kier alpha value is -0.630. The summed E-state index contributed by atoms with van der Waals surface area (Å²) < 4.78 is 0. The van der Waals surface area contributed by atoms with Crippen LogP contribution >= 0.6 is 0 Å². The van der Waals surface area contributed by atoms with Gasteiger partial charge in [-0.05, 0) is 90.9 Å². The molecule has 0 aliphatic heterocycles. The van der Waals surface area contributed by atoms with Gasteiger partial charge in [-0.15, -0.1) is 0 Å². The van der Waals surface area contributed by atoms with Crippen LogP contribution in [0.25, 0.3) is 0 Å². The standard InChI is InChI=1S/C27H44O2/c1-17(2)7-6-8-18(3)21-9-10-22-25-23(12-14-27(21,22)5)26(4)13-11-20(28)15-19(26)16-24(25)29/h17-21,23,28H,6-16H2,1-5H3/t18-,19-,20+,21-,23+,26+,27-/m1/s1. The number of allylic oxidation sites excluding steroid dienone is 2. The lowest BCUT2D eigenvalue weighted by Crippen LogP contribution is -2.51. The SMILES string of the molecule is CC(C)CCC[C@@H](C)[C@H]1CCC2=C3C(=O)C[C@H]4C[C@@H](O)CC[C@]4(C)[C@H]3CC[C@@]21C. The molecule has 164 valence electrons. The first-order valence-corrected chi connectivity index (χ1v) is 12.6. The van der Waals surface area contributed by atoms with Crippen molar-refractivity contribution in [1.82, 2.24) is 0 Å². The van der Waals surface area contributed by atoms with Crippen molar-refractivity contribution < 1.29 is 9.90 Å². The summed E-state index contributed by atoms with van der Waals surface area (Å²) in [5, 5.41) is 10.2.